The number of nitrogens with zero attached hydrogens (tertiary/aromatic N) is 3. The molecule has 0 aromatic heterocycles. The fourth-order valence-corrected chi connectivity index (χ4v) is 7.15. The van der Waals surface area contributed by atoms with Crippen molar-refractivity contribution >= 4 is 23.6 Å². The zero-order valence-corrected chi connectivity index (χ0v) is 33.0. The second kappa shape index (κ2) is 20.8. The van der Waals surface area contributed by atoms with E-state index in [1.54, 1.807) is 44.9 Å². The molecule has 1 aliphatic rings. The predicted molar refractivity (Wildman–Crippen MR) is 198 cm³/mol. The normalized spacial score (nSPS) is 19.6. The Hall–Kier alpha value is -3.10. The van der Waals surface area contributed by atoms with Crippen LogP contribution in [0.2, 0.25) is 0 Å². The third kappa shape index (κ3) is 11.4. The molecular formula is C38H66N6O7. The SMILES string of the molecule is CCN(C)[C@@H]([C@@H](CC(=O)N1CCC[C@H]1[C@H](OC)[C@@H](C)C(=O)N[C@H](C)[C@@H](O)c1ccccc1)OC)N(C)C(=O)[C@@H](NC(=O)C(NC)C(C)C)C(C)C. The lowest BCUT2D eigenvalue weighted by Gasteiger charge is -2.42. The van der Waals surface area contributed by atoms with Crippen LogP contribution in [-0.2, 0) is 28.7 Å². The quantitative estimate of drug-likeness (QED) is 0.149. The number of rotatable bonds is 20. The van der Waals surface area contributed by atoms with Crippen LogP contribution in [0.25, 0.3) is 0 Å². The summed E-state index contributed by atoms with van der Waals surface area (Å²) in [7, 11) is 8.37. The molecule has 0 spiro atoms. The molecule has 9 atom stereocenters. The Balaban J connectivity index is 2.24. The molecule has 4 N–H and O–H groups in total. The number of amides is 4. The molecule has 0 aliphatic carbocycles. The van der Waals surface area contributed by atoms with Crippen LogP contribution in [0.5, 0.6) is 0 Å². The first kappa shape index (κ1) is 44.1. The van der Waals surface area contributed by atoms with Crippen molar-refractivity contribution in [1.29, 1.82) is 0 Å². The van der Waals surface area contributed by atoms with Crippen molar-refractivity contribution in [3.05, 3.63) is 35.9 Å². The van der Waals surface area contributed by atoms with Crippen molar-refractivity contribution in [2.75, 3.05) is 48.5 Å². The second-order valence-corrected chi connectivity index (χ2v) is 14.6. The summed E-state index contributed by atoms with van der Waals surface area (Å²) >= 11 is 0. The zero-order chi connectivity index (χ0) is 38.6. The van der Waals surface area contributed by atoms with Crippen molar-refractivity contribution in [3.8, 4) is 0 Å². The topological polar surface area (TPSA) is 153 Å². The molecule has 2 rings (SSSR count). The molecule has 1 aliphatic heterocycles. The average molecular weight is 719 g/mol. The Bertz CT molecular complexity index is 1250. The lowest BCUT2D eigenvalue weighted by molar-refractivity contribution is -0.152. The predicted octanol–water partition coefficient (Wildman–Crippen LogP) is 2.39. The van der Waals surface area contributed by atoms with Crippen molar-refractivity contribution in [2.24, 2.45) is 17.8 Å². The zero-order valence-electron chi connectivity index (χ0n) is 33.0. The van der Waals surface area contributed by atoms with Crippen molar-refractivity contribution in [1.82, 2.24) is 30.7 Å². The van der Waals surface area contributed by atoms with Gasteiger partial charge >= 0.3 is 0 Å². The number of ether oxygens (including phenoxy) is 2. The standard InChI is InChI=1S/C38H66N6O7/c1-13-42(9)37(43(10)38(49)32(24(4)5)41-36(48)31(39-8)23(2)3)29(50-11)22-30(45)44-21-17-20-28(44)34(51-12)25(6)35(47)40-26(7)33(46)27-18-15-14-16-19-27/h14-16,18-19,23-26,28-29,31-34,37,39,46H,13,17,20-22H2,1-12H3,(H,40,47)(H,41,48)/t25-,26-,28+,29-,31?,32+,33-,34-,37-/m1/s1. The first-order valence-corrected chi connectivity index (χ1v) is 18.4. The summed E-state index contributed by atoms with van der Waals surface area (Å²) in [6.45, 7) is 14.3. The minimum Gasteiger partial charge on any atom is -0.386 e. The van der Waals surface area contributed by atoms with Gasteiger partial charge in [-0.25, -0.2) is 0 Å². The summed E-state index contributed by atoms with van der Waals surface area (Å²) in [6.07, 6.45) is -1.36. The Kier molecular flexibility index (Phi) is 18.0. The van der Waals surface area contributed by atoms with E-state index in [0.29, 0.717) is 25.1 Å². The van der Waals surface area contributed by atoms with Crippen LogP contribution in [0.4, 0.5) is 0 Å². The number of methoxy groups -OCH3 is 2. The van der Waals surface area contributed by atoms with E-state index in [1.165, 1.54) is 7.11 Å². The summed E-state index contributed by atoms with van der Waals surface area (Å²) in [5.74, 6) is -1.73. The van der Waals surface area contributed by atoms with Gasteiger partial charge in [0.05, 0.1) is 48.8 Å². The molecule has 0 bridgehead atoms. The van der Waals surface area contributed by atoms with Gasteiger partial charge in [0.15, 0.2) is 0 Å². The highest BCUT2D eigenvalue weighted by molar-refractivity contribution is 5.90. The molecule has 1 saturated heterocycles. The number of nitrogens with one attached hydrogen (secondary N) is 3. The van der Waals surface area contributed by atoms with Crippen LogP contribution in [0.3, 0.4) is 0 Å². The average Bonchev–Trinajstić information content (AvgIpc) is 3.59. The molecule has 0 saturated carbocycles. The molecular weight excluding hydrogens is 652 g/mol. The first-order chi connectivity index (χ1) is 24.0. The fourth-order valence-electron chi connectivity index (χ4n) is 7.15. The number of carbonyl (C=O) groups is 4. The van der Waals surface area contributed by atoms with E-state index in [-0.39, 0.29) is 47.9 Å². The first-order valence-electron chi connectivity index (χ1n) is 18.4. The molecule has 4 amide bonds. The van der Waals surface area contributed by atoms with Gasteiger partial charge in [0.25, 0.3) is 0 Å². The maximum atomic E-state index is 14.1. The molecule has 1 aromatic carbocycles. The second-order valence-electron chi connectivity index (χ2n) is 14.6. The van der Waals surface area contributed by atoms with E-state index in [1.807, 2.05) is 76.9 Å². The van der Waals surface area contributed by atoms with E-state index < -0.39 is 48.5 Å². The van der Waals surface area contributed by atoms with Gasteiger partial charge in [-0.3, -0.25) is 24.1 Å². The fraction of sp³-hybridized carbons (Fsp3) is 0.737. The summed E-state index contributed by atoms with van der Waals surface area (Å²) < 4.78 is 11.9. The summed E-state index contributed by atoms with van der Waals surface area (Å²) in [6, 6.07) is 7.04. The molecule has 1 fully saturated rings. The lowest BCUT2D eigenvalue weighted by Crippen LogP contribution is -2.61. The van der Waals surface area contributed by atoms with Crippen LogP contribution < -0.4 is 16.0 Å². The third-order valence-electron chi connectivity index (χ3n) is 10.4. The number of hydrogen-bond acceptors (Lipinski definition) is 9. The highest BCUT2D eigenvalue weighted by Crippen LogP contribution is 2.29. The minimum atomic E-state index is -0.879. The van der Waals surface area contributed by atoms with Crippen LogP contribution in [0.1, 0.15) is 79.4 Å². The van der Waals surface area contributed by atoms with Gasteiger partial charge in [0.2, 0.25) is 23.6 Å². The lowest BCUT2D eigenvalue weighted by atomic mass is 9.93. The van der Waals surface area contributed by atoms with Crippen molar-refractivity contribution < 1.29 is 33.8 Å². The number of aliphatic hydroxyl groups excluding tert-OH is 1. The molecule has 0 radical (unpaired) electrons. The van der Waals surface area contributed by atoms with Gasteiger partial charge < -0.3 is 40.3 Å². The largest absolute Gasteiger partial charge is 0.386 e. The molecule has 13 nitrogen and oxygen atoms in total. The van der Waals surface area contributed by atoms with Gasteiger partial charge in [0, 0.05) is 27.8 Å². The highest BCUT2D eigenvalue weighted by atomic mass is 16.5. The van der Waals surface area contributed by atoms with Gasteiger partial charge in [-0.05, 0) is 57.8 Å². The van der Waals surface area contributed by atoms with Crippen molar-refractivity contribution in [2.45, 2.75) is 116 Å². The van der Waals surface area contributed by atoms with Gasteiger partial charge in [-0.15, -0.1) is 0 Å². The Morgan fingerprint density at radius 1 is 0.922 bits per heavy atom. The molecule has 51 heavy (non-hydrogen) atoms. The summed E-state index contributed by atoms with van der Waals surface area (Å²) in [4.78, 5) is 60.1. The van der Waals surface area contributed by atoms with E-state index in [9.17, 15) is 24.3 Å². The summed E-state index contributed by atoms with van der Waals surface area (Å²) in [5, 5.41) is 19.8. The molecule has 290 valence electrons. The Morgan fingerprint density at radius 2 is 1.53 bits per heavy atom. The van der Waals surface area contributed by atoms with E-state index in [4.69, 9.17) is 9.47 Å². The van der Waals surface area contributed by atoms with Crippen LogP contribution in [0, 0.1) is 17.8 Å². The van der Waals surface area contributed by atoms with Gasteiger partial charge in [0.1, 0.15) is 12.2 Å². The number of benzene rings is 1. The number of likely N-dealkylation sites (tertiary alicyclic amines) is 1. The Labute approximate surface area is 306 Å². The molecule has 1 unspecified atom stereocenters. The maximum Gasteiger partial charge on any atom is 0.246 e. The van der Waals surface area contributed by atoms with Crippen LogP contribution in [-0.4, -0.2) is 134 Å². The highest BCUT2D eigenvalue weighted by Gasteiger charge is 2.43. The van der Waals surface area contributed by atoms with Crippen LogP contribution in [0.15, 0.2) is 30.3 Å². The third-order valence-corrected chi connectivity index (χ3v) is 10.4. The summed E-state index contributed by atoms with van der Waals surface area (Å²) in [5.41, 5.74) is 0.707. The van der Waals surface area contributed by atoms with Crippen LogP contribution >= 0.6 is 0 Å². The van der Waals surface area contributed by atoms with E-state index >= 15 is 0 Å². The van der Waals surface area contributed by atoms with Gasteiger partial charge in [-0.2, -0.15) is 0 Å². The van der Waals surface area contributed by atoms with E-state index in [0.717, 1.165) is 6.42 Å². The smallest absolute Gasteiger partial charge is 0.246 e. The monoisotopic (exact) mass is 718 g/mol. The molecule has 1 aromatic rings. The number of carbonyl (C=O) groups excluding carboxylic acids is 4. The van der Waals surface area contributed by atoms with E-state index in [2.05, 4.69) is 16.0 Å². The molecule has 13 heteroatoms. The number of hydrogen-bond donors (Lipinski definition) is 4. The maximum absolute atomic E-state index is 14.1. The number of aliphatic hydroxyl groups is 1. The number of likely N-dealkylation sites (N-methyl/N-ethyl adjacent to an activating group) is 3. The molecule has 1 heterocycles. The minimum absolute atomic E-state index is 0.00910. The van der Waals surface area contributed by atoms with Gasteiger partial charge in [-0.1, -0.05) is 71.9 Å². The van der Waals surface area contributed by atoms with Crippen molar-refractivity contribution in [3.63, 3.8) is 0 Å². The Morgan fingerprint density at radius 3 is 2.04 bits per heavy atom.